The number of piperidine rings is 1. The van der Waals surface area contributed by atoms with Gasteiger partial charge in [0.15, 0.2) is 0 Å². The van der Waals surface area contributed by atoms with Gasteiger partial charge in [-0.3, -0.25) is 4.90 Å². The SMILES string of the molecule is CC1(C)c2cc(OC(F)(F)F)ccc2CC2C1CCCN2C1CC1. The molecular weight excluding hydrogens is 315 g/mol. The van der Waals surface area contributed by atoms with E-state index in [2.05, 4.69) is 23.5 Å². The molecule has 2 nitrogen and oxygen atoms in total. The zero-order chi connectivity index (χ0) is 17.1. The lowest BCUT2D eigenvalue weighted by Gasteiger charge is -2.52. The van der Waals surface area contributed by atoms with Crippen LogP contribution in [0.15, 0.2) is 18.2 Å². The quantitative estimate of drug-likeness (QED) is 0.777. The van der Waals surface area contributed by atoms with Crippen LogP contribution in [0.4, 0.5) is 13.2 Å². The molecule has 2 fully saturated rings. The Hall–Kier alpha value is -1.23. The molecule has 0 amide bonds. The van der Waals surface area contributed by atoms with Gasteiger partial charge < -0.3 is 4.74 Å². The van der Waals surface area contributed by atoms with Gasteiger partial charge in [0.25, 0.3) is 0 Å². The van der Waals surface area contributed by atoms with Crippen LogP contribution in [0, 0.1) is 5.92 Å². The van der Waals surface area contributed by atoms with E-state index in [1.807, 2.05) is 6.07 Å². The first-order chi connectivity index (χ1) is 11.3. The summed E-state index contributed by atoms with van der Waals surface area (Å²) in [7, 11) is 0. The lowest BCUT2D eigenvalue weighted by atomic mass is 9.60. The molecule has 0 spiro atoms. The number of hydrogen-bond acceptors (Lipinski definition) is 2. The predicted octanol–water partition coefficient (Wildman–Crippen LogP) is 4.66. The Bertz CT molecular complexity index is 636. The Morgan fingerprint density at radius 2 is 1.92 bits per heavy atom. The molecule has 1 saturated carbocycles. The van der Waals surface area contributed by atoms with Crippen molar-refractivity contribution in [2.45, 2.75) is 69.8 Å². The zero-order valence-corrected chi connectivity index (χ0v) is 14.2. The lowest BCUT2D eigenvalue weighted by molar-refractivity contribution is -0.274. The number of ether oxygens (including phenoxy) is 1. The highest BCUT2D eigenvalue weighted by Crippen LogP contribution is 2.49. The minimum atomic E-state index is -4.64. The van der Waals surface area contributed by atoms with E-state index >= 15 is 0 Å². The van der Waals surface area contributed by atoms with Gasteiger partial charge in [-0.05, 0) is 73.2 Å². The second kappa shape index (κ2) is 5.38. The Kier molecular flexibility index (Phi) is 3.64. The van der Waals surface area contributed by atoms with E-state index in [1.165, 1.54) is 37.4 Å². The van der Waals surface area contributed by atoms with Crippen LogP contribution in [0.2, 0.25) is 0 Å². The number of alkyl halides is 3. The highest BCUT2D eigenvalue weighted by atomic mass is 19.4. The van der Waals surface area contributed by atoms with Crippen LogP contribution in [-0.2, 0) is 11.8 Å². The smallest absolute Gasteiger partial charge is 0.406 e. The summed E-state index contributed by atoms with van der Waals surface area (Å²) in [5.41, 5.74) is 2.09. The maximum absolute atomic E-state index is 12.6. The Balaban J connectivity index is 1.69. The van der Waals surface area contributed by atoms with Gasteiger partial charge >= 0.3 is 6.36 Å². The molecule has 3 aliphatic rings. The first-order valence-corrected chi connectivity index (χ1v) is 8.90. The van der Waals surface area contributed by atoms with Gasteiger partial charge in [0, 0.05) is 12.1 Å². The molecule has 2 unspecified atom stereocenters. The zero-order valence-electron chi connectivity index (χ0n) is 14.2. The Morgan fingerprint density at radius 1 is 1.17 bits per heavy atom. The van der Waals surface area contributed by atoms with Crippen LogP contribution in [0.1, 0.15) is 50.7 Å². The number of hydrogen-bond donors (Lipinski definition) is 0. The minimum Gasteiger partial charge on any atom is -0.406 e. The molecule has 132 valence electrons. The molecule has 1 heterocycles. The van der Waals surface area contributed by atoms with Crippen LogP contribution >= 0.6 is 0 Å². The number of fused-ring (bicyclic) bond motifs is 2. The third-order valence-corrected chi connectivity index (χ3v) is 6.20. The van der Waals surface area contributed by atoms with E-state index in [-0.39, 0.29) is 11.2 Å². The Labute approximate surface area is 141 Å². The van der Waals surface area contributed by atoms with Gasteiger partial charge in [0.2, 0.25) is 0 Å². The van der Waals surface area contributed by atoms with Gasteiger partial charge in [-0.25, -0.2) is 0 Å². The molecule has 1 aromatic carbocycles. The molecule has 0 bridgehead atoms. The first kappa shape index (κ1) is 16.2. The normalized spacial score (nSPS) is 29.7. The van der Waals surface area contributed by atoms with Gasteiger partial charge in [-0.1, -0.05) is 19.9 Å². The van der Waals surface area contributed by atoms with Crippen LogP contribution in [0.25, 0.3) is 0 Å². The van der Waals surface area contributed by atoms with E-state index in [9.17, 15) is 13.2 Å². The van der Waals surface area contributed by atoms with Crippen molar-refractivity contribution in [3.05, 3.63) is 29.3 Å². The first-order valence-electron chi connectivity index (χ1n) is 8.90. The van der Waals surface area contributed by atoms with Crippen molar-refractivity contribution in [3.63, 3.8) is 0 Å². The molecule has 1 saturated heterocycles. The van der Waals surface area contributed by atoms with Crippen molar-refractivity contribution in [2.75, 3.05) is 6.54 Å². The van der Waals surface area contributed by atoms with Crippen LogP contribution in [0.3, 0.4) is 0 Å². The molecule has 0 radical (unpaired) electrons. The average molecular weight is 339 g/mol. The molecule has 5 heteroatoms. The van der Waals surface area contributed by atoms with Crippen molar-refractivity contribution in [1.82, 2.24) is 4.90 Å². The van der Waals surface area contributed by atoms with Crippen LogP contribution in [-0.4, -0.2) is 29.9 Å². The molecule has 0 aromatic heterocycles. The second-order valence-corrected chi connectivity index (χ2v) is 8.08. The summed E-state index contributed by atoms with van der Waals surface area (Å²) in [6, 6.07) is 6.20. The summed E-state index contributed by atoms with van der Waals surface area (Å²) in [6.07, 6.45) is 1.26. The van der Waals surface area contributed by atoms with Crippen LogP contribution < -0.4 is 4.74 Å². The fraction of sp³-hybridized carbons (Fsp3) is 0.684. The van der Waals surface area contributed by atoms with E-state index in [4.69, 9.17) is 0 Å². The summed E-state index contributed by atoms with van der Waals surface area (Å²) >= 11 is 0. The highest BCUT2D eigenvalue weighted by Gasteiger charge is 2.49. The monoisotopic (exact) mass is 339 g/mol. The fourth-order valence-corrected chi connectivity index (χ4v) is 5.00. The summed E-state index contributed by atoms with van der Waals surface area (Å²) in [4.78, 5) is 2.68. The second-order valence-electron chi connectivity index (χ2n) is 8.08. The lowest BCUT2D eigenvalue weighted by Crippen LogP contribution is -2.55. The van der Waals surface area contributed by atoms with Gasteiger partial charge in [0.1, 0.15) is 5.75 Å². The highest BCUT2D eigenvalue weighted by molar-refractivity contribution is 5.44. The molecular formula is C19H24F3NO. The third kappa shape index (κ3) is 2.81. The number of likely N-dealkylation sites (tertiary alicyclic amines) is 1. The van der Waals surface area contributed by atoms with Gasteiger partial charge in [-0.15, -0.1) is 13.2 Å². The van der Waals surface area contributed by atoms with Crippen molar-refractivity contribution in [2.24, 2.45) is 5.92 Å². The van der Waals surface area contributed by atoms with Crippen LogP contribution in [0.5, 0.6) is 5.75 Å². The number of rotatable bonds is 2. The third-order valence-electron chi connectivity index (χ3n) is 6.20. The van der Waals surface area contributed by atoms with E-state index in [0.29, 0.717) is 12.0 Å². The van der Waals surface area contributed by atoms with Crippen molar-refractivity contribution in [1.29, 1.82) is 0 Å². The fourth-order valence-electron chi connectivity index (χ4n) is 5.00. The molecule has 1 aromatic rings. The summed E-state index contributed by atoms with van der Waals surface area (Å²) in [5, 5.41) is 0. The molecule has 4 rings (SSSR count). The van der Waals surface area contributed by atoms with Crippen molar-refractivity contribution < 1.29 is 17.9 Å². The molecule has 24 heavy (non-hydrogen) atoms. The minimum absolute atomic E-state index is 0.0948. The average Bonchev–Trinajstić information content (AvgIpc) is 3.31. The number of benzene rings is 1. The predicted molar refractivity (Wildman–Crippen MR) is 86.1 cm³/mol. The Morgan fingerprint density at radius 3 is 2.58 bits per heavy atom. The van der Waals surface area contributed by atoms with Gasteiger partial charge in [-0.2, -0.15) is 0 Å². The number of nitrogens with zero attached hydrogens (tertiary/aromatic N) is 1. The largest absolute Gasteiger partial charge is 0.573 e. The molecule has 2 aliphatic carbocycles. The number of halogens is 3. The van der Waals surface area contributed by atoms with Crippen molar-refractivity contribution in [3.8, 4) is 5.75 Å². The maximum atomic E-state index is 12.6. The molecule has 2 atom stereocenters. The molecule has 1 aliphatic heterocycles. The van der Waals surface area contributed by atoms with Crippen molar-refractivity contribution >= 4 is 0 Å². The molecule has 0 N–H and O–H groups in total. The van der Waals surface area contributed by atoms with E-state index in [0.717, 1.165) is 24.4 Å². The van der Waals surface area contributed by atoms with Gasteiger partial charge in [0.05, 0.1) is 0 Å². The summed E-state index contributed by atoms with van der Waals surface area (Å²) in [5.74, 6) is 0.406. The topological polar surface area (TPSA) is 12.5 Å². The van der Waals surface area contributed by atoms with E-state index in [1.54, 1.807) is 6.07 Å². The summed E-state index contributed by atoms with van der Waals surface area (Å²) in [6.45, 7) is 5.55. The van der Waals surface area contributed by atoms with E-state index < -0.39 is 6.36 Å². The summed E-state index contributed by atoms with van der Waals surface area (Å²) < 4.78 is 41.8. The standard InChI is InChI=1S/C19H24F3NO/c1-18(2)15-4-3-9-23(13-6-7-13)17(15)10-12-5-8-14(11-16(12)18)24-19(20,21)22/h5,8,11,13,15,17H,3-4,6-7,9-10H2,1-2H3. The maximum Gasteiger partial charge on any atom is 0.573 e.